The summed E-state index contributed by atoms with van der Waals surface area (Å²) in [6.45, 7) is -0.264. The highest BCUT2D eigenvalue weighted by Gasteiger charge is 2.26. The number of nitrogens with zero attached hydrogens (tertiary/aromatic N) is 1. The van der Waals surface area contributed by atoms with E-state index in [9.17, 15) is 33.0 Å². The molecule has 0 aliphatic heterocycles. The number of rotatable bonds is 7. The molecule has 8 nitrogen and oxygen atoms in total. The number of phenolic OH excluding ortho intramolecular Hbond substituents is 1. The van der Waals surface area contributed by atoms with Crippen LogP contribution in [0.15, 0.2) is 48.7 Å². The quantitative estimate of drug-likeness (QED) is 0.378. The lowest BCUT2D eigenvalue weighted by Crippen LogP contribution is -2.44. The maximum atomic E-state index is 13.9. The third-order valence-corrected chi connectivity index (χ3v) is 6.05. The Balaban J connectivity index is 1.36. The molecule has 2 aromatic carbocycles. The Bertz CT molecular complexity index is 1310. The van der Waals surface area contributed by atoms with Crippen LogP contribution in [0.5, 0.6) is 17.4 Å². The van der Waals surface area contributed by atoms with E-state index in [1.54, 1.807) is 0 Å². The Hall–Kier alpha value is -4.12. The van der Waals surface area contributed by atoms with Crippen molar-refractivity contribution in [2.45, 2.75) is 44.4 Å². The van der Waals surface area contributed by atoms with Crippen molar-refractivity contribution in [1.82, 2.24) is 15.6 Å². The van der Waals surface area contributed by atoms with E-state index in [0.29, 0.717) is 31.2 Å². The van der Waals surface area contributed by atoms with E-state index < -0.39 is 29.3 Å². The zero-order chi connectivity index (χ0) is 26.5. The van der Waals surface area contributed by atoms with Gasteiger partial charge in [-0.2, -0.15) is 0 Å². The smallest absolute Gasteiger partial charge is 0.257 e. The Labute approximate surface area is 210 Å². The minimum atomic E-state index is -1.15. The van der Waals surface area contributed by atoms with Crippen molar-refractivity contribution < 1.29 is 37.7 Å². The van der Waals surface area contributed by atoms with E-state index in [0.717, 1.165) is 30.5 Å². The van der Waals surface area contributed by atoms with Crippen molar-refractivity contribution >= 4 is 11.8 Å². The molecular formula is C26H24F3N3O5. The highest BCUT2D eigenvalue weighted by Crippen LogP contribution is 2.27. The summed E-state index contributed by atoms with van der Waals surface area (Å²) in [5, 5.41) is 24.9. The molecule has 0 bridgehead atoms. The van der Waals surface area contributed by atoms with Gasteiger partial charge < -0.3 is 25.6 Å². The first-order valence-electron chi connectivity index (χ1n) is 11.6. The number of carbonyl (C=O) groups is 2. The highest BCUT2D eigenvalue weighted by atomic mass is 19.2. The van der Waals surface area contributed by atoms with Crippen LogP contribution in [0.25, 0.3) is 0 Å². The number of aliphatic hydroxyl groups excluding tert-OH is 1. The fourth-order valence-corrected chi connectivity index (χ4v) is 4.09. The highest BCUT2D eigenvalue weighted by molar-refractivity contribution is 5.97. The first-order valence-corrected chi connectivity index (χ1v) is 11.6. The van der Waals surface area contributed by atoms with E-state index in [2.05, 4.69) is 15.6 Å². The molecule has 4 N–H and O–H groups in total. The Kier molecular flexibility index (Phi) is 7.92. The Morgan fingerprint density at radius 2 is 1.54 bits per heavy atom. The topological polar surface area (TPSA) is 121 Å². The molecule has 2 amide bonds. The number of pyridine rings is 1. The molecule has 1 aromatic heterocycles. The lowest BCUT2D eigenvalue weighted by atomic mass is 9.90. The van der Waals surface area contributed by atoms with E-state index in [4.69, 9.17) is 4.74 Å². The number of carbonyl (C=O) groups excluding carboxylic acids is 2. The first kappa shape index (κ1) is 26.0. The third kappa shape index (κ3) is 6.36. The second-order valence-electron chi connectivity index (χ2n) is 8.69. The zero-order valence-corrected chi connectivity index (χ0v) is 19.5. The van der Waals surface area contributed by atoms with Crippen molar-refractivity contribution in [1.29, 1.82) is 0 Å². The van der Waals surface area contributed by atoms with Gasteiger partial charge in [0.1, 0.15) is 22.9 Å². The molecule has 1 aliphatic carbocycles. The molecule has 1 saturated carbocycles. The summed E-state index contributed by atoms with van der Waals surface area (Å²) in [6, 6.07) is 7.56. The van der Waals surface area contributed by atoms with Crippen molar-refractivity contribution in [2.75, 3.05) is 0 Å². The average Bonchev–Trinajstić information content (AvgIpc) is 2.88. The Morgan fingerprint density at radius 3 is 2.16 bits per heavy atom. The molecule has 3 aromatic rings. The maximum Gasteiger partial charge on any atom is 0.257 e. The largest absolute Gasteiger partial charge is 0.507 e. The van der Waals surface area contributed by atoms with Crippen LogP contribution in [0.1, 0.15) is 52.0 Å². The van der Waals surface area contributed by atoms with Gasteiger partial charge >= 0.3 is 0 Å². The third-order valence-electron chi connectivity index (χ3n) is 6.05. The van der Waals surface area contributed by atoms with Gasteiger partial charge in [-0.25, -0.2) is 18.2 Å². The molecule has 0 radical (unpaired) electrons. The molecule has 0 atom stereocenters. The van der Waals surface area contributed by atoms with E-state index >= 15 is 0 Å². The van der Waals surface area contributed by atoms with Crippen molar-refractivity contribution in [3.05, 3.63) is 82.8 Å². The molecule has 1 aliphatic rings. The number of ether oxygens (including phenoxy) is 1. The van der Waals surface area contributed by atoms with Crippen LogP contribution >= 0.6 is 0 Å². The van der Waals surface area contributed by atoms with Crippen LogP contribution in [0.2, 0.25) is 0 Å². The molecule has 11 heteroatoms. The maximum absolute atomic E-state index is 13.9. The average molecular weight is 515 g/mol. The minimum Gasteiger partial charge on any atom is -0.507 e. The van der Waals surface area contributed by atoms with Crippen LogP contribution in [-0.4, -0.2) is 39.1 Å². The van der Waals surface area contributed by atoms with Crippen LogP contribution in [0, 0.1) is 17.5 Å². The summed E-state index contributed by atoms with van der Waals surface area (Å²) >= 11 is 0. The van der Waals surface area contributed by atoms with Gasteiger partial charge in [0.15, 0.2) is 11.6 Å². The lowest BCUT2D eigenvalue weighted by Gasteiger charge is -2.30. The number of amides is 2. The SMILES string of the molecule is O=C(NC1CCC(NC(=O)c2cc(F)cnc2Oc2ccc(F)c(F)c2)CC1)c1cc(CO)ccc1O. The second kappa shape index (κ2) is 11.3. The predicted octanol–water partition coefficient (Wildman–Crippen LogP) is 3.96. The van der Waals surface area contributed by atoms with Gasteiger partial charge in [-0.1, -0.05) is 6.07 Å². The summed E-state index contributed by atoms with van der Waals surface area (Å²) < 4.78 is 46.0. The lowest BCUT2D eigenvalue weighted by molar-refractivity contribution is 0.0888. The number of aliphatic hydroxyl groups is 1. The van der Waals surface area contributed by atoms with E-state index in [1.807, 2.05) is 0 Å². The predicted molar refractivity (Wildman–Crippen MR) is 126 cm³/mol. The summed E-state index contributed by atoms with van der Waals surface area (Å²) in [5.74, 6) is -4.68. The van der Waals surface area contributed by atoms with Crippen LogP contribution in [0.4, 0.5) is 13.2 Å². The summed E-state index contributed by atoms with van der Waals surface area (Å²) in [4.78, 5) is 29.2. The van der Waals surface area contributed by atoms with Crippen LogP contribution < -0.4 is 15.4 Å². The fraction of sp³-hybridized carbons (Fsp3) is 0.269. The van der Waals surface area contributed by atoms with Gasteiger partial charge in [0, 0.05) is 18.2 Å². The second-order valence-corrected chi connectivity index (χ2v) is 8.69. The normalized spacial score (nSPS) is 17.2. The number of aromatic hydroxyl groups is 1. The van der Waals surface area contributed by atoms with E-state index in [1.165, 1.54) is 18.2 Å². The molecule has 194 valence electrons. The summed E-state index contributed by atoms with van der Waals surface area (Å²) in [6.07, 6.45) is 2.95. The molecule has 0 unspecified atom stereocenters. The summed E-state index contributed by atoms with van der Waals surface area (Å²) in [5.41, 5.74) is 0.350. The molecular weight excluding hydrogens is 491 g/mol. The minimum absolute atomic E-state index is 0.0640. The van der Waals surface area contributed by atoms with Crippen molar-refractivity contribution in [3.8, 4) is 17.4 Å². The monoisotopic (exact) mass is 515 g/mol. The molecule has 0 spiro atoms. The molecule has 37 heavy (non-hydrogen) atoms. The van der Waals surface area contributed by atoms with Gasteiger partial charge in [-0.15, -0.1) is 0 Å². The van der Waals surface area contributed by atoms with Gasteiger partial charge in [0.2, 0.25) is 5.88 Å². The fourth-order valence-electron chi connectivity index (χ4n) is 4.09. The molecule has 1 fully saturated rings. The number of hydrogen-bond acceptors (Lipinski definition) is 6. The Morgan fingerprint density at radius 1 is 0.892 bits per heavy atom. The van der Waals surface area contributed by atoms with Gasteiger partial charge in [-0.3, -0.25) is 9.59 Å². The summed E-state index contributed by atoms with van der Waals surface area (Å²) in [7, 11) is 0. The zero-order valence-electron chi connectivity index (χ0n) is 19.5. The van der Waals surface area contributed by atoms with Crippen LogP contribution in [0.3, 0.4) is 0 Å². The van der Waals surface area contributed by atoms with Crippen molar-refractivity contribution in [2.24, 2.45) is 0 Å². The molecule has 1 heterocycles. The molecule has 4 rings (SSSR count). The number of nitrogens with one attached hydrogen (secondary N) is 2. The molecule has 0 saturated heterocycles. The number of halogens is 3. The van der Waals surface area contributed by atoms with E-state index in [-0.39, 0.29) is 47.2 Å². The number of hydrogen-bond donors (Lipinski definition) is 4. The van der Waals surface area contributed by atoms with Crippen molar-refractivity contribution in [3.63, 3.8) is 0 Å². The van der Waals surface area contributed by atoms with Gasteiger partial charge in [0.25, 0.3) is 11.8 Å². The number of aromatic nitrogens is 1. The van der Waals surface area contributed by atoms with Gasteiger partial charge in [0.05, 0.1) is 18.4 Å². The van der Waals surface area contributed by atoms with Gasteiger partial charge in [-0.05, 0) is 61.6 Å². The van der Waals surface area contributed by atoms with Crippen LogP contribution in [-0.2, 0) is 6.61 Å². The number of phenols is 1. The first-order chi connectivity index (χ1) is 17.7. The standard InChI is InChI=1S/C26H24F3N3O5/c27-15-10-20(26(30-12-15)37-18-6-7-21(28)22(29)11-18)25(36)32-17-4-2-16(3-5-17)31-24(35)19-9-14(13-33)1-8-23(19)34/h1,6-12,16-17,33-34H,2-5,13H2,(H,31,35)(H,32,36). The number of benzene rings is 2.